The zero-order valence-corrected chi connectivity index (χ0v) is 10.6. The molecule has 0 aliphatic rings. The molecule has 1 atom stereocenters. The van der Waals surface area contributed by atoms with Gasteiger partial charge in [0.1, 0.15) is 0 Å². The molecule has 5 heteroatoms. The molecule has 0 saturated carbocycles. The van der Waals surface area contributed by atoms with Crippen LogP contribution in [0.15, 0.2) is 23.8 Å². The van der Waals surface area contributed by atoms with Crippen LogP contribution >= 0.6 is 0 Å². The highest BCUT2D eigenvalue weighted by atomic mass is 16.4. The van der Waals surface area contributed by atoms with E-state index in [1.165, 1.54) is 6.08 Å². The predicted octanol–water partition coefficient (Wildman–Crippen LogP) is 1.97. The monoisotopic (exact) mass is 256 g/mol. The van der Waals surface area contributed by atoms with Gasteiger partial charge >= 0.3 is 11.9 Å². The molecular weight excluding hydrogens is 236 g/mol. The molecule has 0 fully saturated rings. The molecule has 0 aliphatic carbocycles. The van der Waals surface area contributed by atoms with Crippen LogP contribution in [-0.4, -0.2) is 33.4 Å². The van der Waals surface area contributed by atoms with Crippen molar-refractivity contribution in [3.63, 3.8) is 0 Å². The molecule has 0 bridgehead atoms. The summed E-state index contributed by atoms with van der Waals surface area (Å²) in [5, 5.41) is 26.6. The number of aliphatic hydroxyl groups is 1. The Balaban J connectivity index is 4.15. The van der Waals surface area contributed by atoms with Gasteiger partial charge in [-0.15, -0.1) is 0 Å². The Morgan fingerprint density at radius 3 is 2.22 bits per heavy atom. The third-order valence-electron chi connectivity index (χ3n) is 2.49. The van der Waals surface area contributed by atoms with E-state index in [4.69, 9.17) is 15.3 Å². The van der Waals surface area contributed by atoms with Crippen molar-refractivity contribution in [1.29, 1.82) is 0 Å². The summed E-state index contributed by atoms with van der Waals surface area (Å²) in [6.45, 7) is 4.95. The van der Waals surface area contributed by atoms with E-state index >= 15 is 0 Å². The van der Waals surface area contributed by atoms with Gasteiger partial charge in [-0.2, -0.15) is 0 Å². The molecule has 0 aromatic carbocycles. The van der Waals surface area contributed by atoms with Gasteiger partial charge in [-0.05, 0) is 26.2 Å². The molecule has 1 unspecified atom stereocenters. The number of hydrogen-bond donors (Lipinski definition) is 3. The van der Waals surface area contributed by atoms with Crippen molar-refractivity contribution >= 4 is 11.9 Å². The van der Waals surface area contributed by atoms with Gasteiger partial charge in [-0.3, -0.25) is 0 Å². The maximum Gasteiger partial charge on any atom is 0.336 e. The Hall–Kier alpha value is -1.62. The Morgan fingerprint density at radius 1 is 1.17 bits per heavy atom. The molecule has 0 aromatic rings. The van der Waals surface area contributed by atoms with Crippen LogP contribution in [0, 0.1) is 0 Å². The van der Waals surface area contributed by atoms with Crippen LogP contribution in [0.2, 0.25) is 0 Å². The summed E-state index contributed by atoms with van der Waals surface area (Å²) in [4.78, 5) is 21.5. The number of carboxylic acid groups (broad SMARTS) is 2. The fourth-order valence-electron chi connectivity index (χ4n) is 1.46. The summed E-state index contributed by atoms with van der Waals surface area (Å²) in [5.74, 6) is -2.59. The summed E-state index contributed by atoms with van der Waals surface area (Å²) in [7, 11) is 0. The number of carbonyl (C=O) groups is 2. The standard InChI is InChI=1S/C13H20O5/c1-9(14)7-5-3-4-6-8-11(13(17)18)10(2)12(15)16/h8-9,14H,2-7H2,1H3,(H,15,16)(H,17,18)/b11-8+. The summed E-state index contributed by atoms with van der Waals surface area (Å²) >= 11 is 0. The van der Waals surface area contributed by atoms with E-state index in [-0.39, 0.29) is 11.7 Å². The third kappa shape index (κ3) is 6.85. The predicted molar refractivity (Wildman–Crippen MR) is 67.3 cm³/mol. The smallest absolute Gasteiger partial charge is 0.336 e. The van der Waals surface area contributed by atoms with Gasteiger partial charge in [0.25, 0.3) is 0 Å². The van der Waals surface area contributed by atoms with Crippen LogP contribution in [0.25, 0.3) is 0 Å². The van der Waals surface area contributed by atoms with Gasteiger partial charge in [0.2, 0.25) is 0 Å². The summed E-state index contributed by atoms with van der Waals surface area (Å²) in [6, 6.07) is 0. The van der Waals surface area contributed by atoms with Crippen molar-refractivity contribution in [2.75, 3.05) is 0 Å². The van der Waals surface area contributed by atoms with Crippen molar-refractivity contribution < 1.29 is 24.9 Å². The van der Waals surface area contributed by atoms with E-state index in [1.54, 1.807) is 6.92 Å². The summed E-state index contributed by atoms with van der Waals surface area (Å²) in [6.07, 6.45) is 4.78. The Labute approximate surface area is 106 Å². The lowest BCUT2D eigenvalue weighted by Gasteiger charge is -2.04. The zero-order chi connectivity index (χ0) is 14.1. The number of aliphatic carboxylic acids is 2. The minimum Gasteiger partial charge on any atom is -0.478 e. The molecule has 5 nitrogen and oxygen atoms in total. The van der Waals surface area contributed by atoms with Crippen molar-refractivity contribution in [3.05, 3.63) is 23.8 Å². The molecule has 3 N–H and O–H groups in total. The average molecular weight is 256 g/mol. The zero-order valence-electron chi connectivity index (χ0n) is 10.6. The van der Waals surface area contributed by atoms with Crippen LogP contribution in [0.3, 0.4) is 0 Å². The second kappa shape index (κ2) is 8.47. The highest BCUT2D eigenvalue weighted by Crippen LogP contribution is 2.12. The largest absolute Gasteiger partial charge is 0.478 e. The number of carboxylic acids is 2. The van der Waals surface area contributed by atoms with Crippen LogP contribution in [0.4, 0.5) is 0 Å². The average Bonchev–Trinajstić information content (AvgIpc) is 2.26. The number of unbranched alkanes of at least 4 members (excludes halogenated alkanes) is 3. The molecular formula is C13H20O5. The molecule has 0 spiro atoms. The van der Waals surface area contributed by atoms with E-state index < -0.39 is 17.5 Å². The Morgan fingerprint density at radius 2 is 1.78 bits per heavy atom. The fraction of sp³-hybridized carbons (Fsp3) is 0.538. The second-order valence-electron chi connectivity index (χ2n) is 4.19. The lowest BCUT2D eigenvalue weighted by molar-refractivity contribution is -0.136. The fourth-order valence-corrected chi connectivity index (χ4v) is 1.46. The number of rotatable bonds is 9. The number of allylic oxidation sites excluding steroid dienone is 1. The lowest BCUT2D eigenvalue weighted by Crippen LogP contribution is -2.10. The molecule has 102 valence electrons. The van der Waals surface area contributed by atoms with Crippen LogP contribution in [0.1, 0.15) is 39.0 Å². The summed E-state index contributed by atoms with van der Waals surface area (Å²) < 4.78 is 0. The van der Waals surface area contributed by atoms with E-state index in [2.05, 4.69) is 6.58 Å². The molecule has 0 heterocycles. The molecule has 0 saturated heterocycles. The summed E-state index contributed by atoms with van der Waals surface area (Å²) in [5.41, 5.74) is -0.649. The van der Waals surface area contributed by atoms with Crippen LogP contribution < -0.4 is 0 Å². The molecule has 0 rings (SSSR count). The number of hydrogen-bond acceptors (Lipinski definition) is 3. The van der Waals surface area contributed by atoms with E-state index in [1.807, 2.05) is 0 Å². The van der Waals surface area contributed by atoms with E-state index in [0.29, 0.717) is 6.42 Å². The van der Waals surface area contributed by atoms with Crippen LogP contribution in [0.5, 0.6) is 0 Å². The van der Waals surface area contributed by atoms with Crippen LogP contribution in [-0.2, 0) is 9.59 Å². The van der Waals surface area contributed by atoms with Crippen molar-refractivity contribution in [2.24, 2.45) is 0 Å². The van der Waals surface area contributed by atoms with Gasteiger partial charge in [-0.1, -0.05) is 25.5 Å². The number of aliphatic hydroxyl groups excluding tert-OH is 1. The first kappa shape index (κ1) is 16.4. The first-order chi connectivity index (χ1) is 8.36. The minimum absolute atomic E-state index is 0.252. The van der Waals surface area contributed by atoms with Gasteiger partial charge < -0.3 is 15.3 Å². The second-order valence-corrected chi connectivity index (χ2v) is 4.19. The Bertz CT molecular complexity index is 341. The lowest BCUT2D eigenvalue weighted by atomic mass is 10.0. The van der Waals surface area contributed by atoms with Gasteiger partial charge in [0.05, 0.1) is 17.3 Å². The molecule has 18 heavy (non-hydrogen) atoms. The van der Waals surface area contributed by atoms with Gasteiger partial charge in [-0.25, -0.2) is 9.59 Å². The maximum atomic E-state index is 10.8. The first-order valence-corrected chi connectivity index (χ1v) is 5.90. The first-order valence-electron chi connectivity index (χ1n) is 5.90. The van der Waals surface area contributed by atoms with Gasteiger partial charge in [0.15, 0.2) is 0 Å². The minimum atomic E-state index is -1.32. The highest BCUT2D eigenvalue weighted by Gasteiger charge is 2.16. The molecule has 0 amide bonds. The quantitative estimate of drug-likeness (QED) is 0.333. The Kier molecular flexibility index (Phi) is 7.71. The third-order valence-corrected chi connectivity index (χ3v) is 2.49. The molecule has 0 radical (unpaired) electrons. The maximum absolute atomic E-state index is 10.8. The molecule has 0 aliphatic heterocycles. The SMILES string of the molecule is C=C(C(=O)O)/C(=C\CCCCCC(C)O)C(=O)O. The highest BCUT2D eigenvalue weighted by molar-refractivity contribution is 6.04. The van der Waals surface area contributed by atoms with Crippen molar-refractivity contribution in [1.82, 2.24) is 0 Å². The molecule has 0 aromatic heterocycles. The van der Waals surface area contributed by atoms with E-state index in [0.717, 1.165) is 25.7 Å². The normalized spacial score (nSPS) is 13.1. The van der Waals surface area contributed by atoms with Gasteiger partial charge in [0, 0.05) is 0 Å². The van der Waals surface area contributed by atoms with Crippen molar-refractivity contribution in [3.8, 4) is 0 Å². The van der Waals surface area contributed by atoms with Crippen molar-refractivity contribution in [2.45, 2.75) is 45.1 Å². The van der Waals surface area contributed by atoms with E-state index in [9.17, 15) is 9.59 Å². The topological polar surface area (TPSA) is 94.8 Å².